The molecule has 1 aliphatic heterocycles. The molecule has 1 fully saturated rings. The Kier molecular flexibility index (Phi) is 5.09. The maximum absolute atomic E-state index is 12.5. The van der Waals surface area contributed by atoms with Gasteiger partial charge in [-0.1, -0.05) is 23.7 Å². The van der Waals surface area contributed by atoms with Crippen molar-refractivity contribution in [2.45, 2.75) is 13.3 Å². The van der Waals surface area contributed by atoms with Gasteiger partial charge in [0.05, 0.1) is 9.21 Å². The molecule has 3 aromatic rings. The van der Waals surface area contributed by atoms with E-state index in [1.54, 1.807) is 18.3 Å². The third kappa shape index (κ3) is 3.81. The maximum atomic E-state index is 12.5. The zero-order valence-electron chi connectivity index (χ0n) is 14.8. The summed E-state index contributed by atoms with van der Waals surface area (Å²) in [6.45, 7) is 4.75. The first-order valence-electron chi connectivity index (χ1n) is 8.72. The summed E-state index contributed by atoms with van der Waals surface area (Å²) in [6.07, 6.45) is 2.46. The van der Waals surface area contributed by atoms with Crippen LogP contribution in [0.4, 0.5) is 5.82 Å². The molecule has 1 aliphatic rings. The van der Waals surface area contributed by atoms with E-state index in [2.05, 4.69) is 20.0 Å². The number of carbonyl (C=O) groups is 1. The van der Waals surface area contributed by atoms with Crippen molar-refractivity contribution in [2.75, 3.05) is 31.1 Å². The van der Waals surface area contributed by atoms with E-state index in [0.717, 1.165) is 24.5 Å². The Morgan fingerprint density at radius 3 is 2.63 bits per heavy atom. The van der Waals surface area contributed by atoms with E-state index in [-0.39, 0.29) is 5.91 Å². The van der Waals surface area contributed by atoms with Crippen molar-refractivity contribution in [3.8, 4) is 11.4 Å². The van der Waals surface area contributed by atoms with E-state index in [1.807, 2.05) is 24.0 Å². The first-order valence-corrected chi connectivity index (χ1v) is 9.92. The number of amides is 1. The number of piperazine rings is 1. The molecule has 0 radical (unpaired) electrons. The van der Waals surface area contributed by atoms with Gasteiger partial charge in [-0.3, -0.25) is 4.79 Å². The van der Waals surface area contributed by atoms with Crippen LogP contribution >= 0.6 is 22.9 Å². The molecule has 3 aromatic heterocycles. The van der Waals surface area contributed by atoms with Crippen LogP contribution in [0.5, 0.6) is 0 Å². The van der Waals surface area contributed by atoms with Crippen LogP contribution in [0.25, 0.3) is 11.4 Å². The highest BCUT2D eigenvalue weighted by Crippen LogP contribution is 2.24. The third-order valence-electron chi connectivity index (χ3n) is 4.45. The minimum absolute atomic E-state index is 0.0405. The molecule has 1 amide bonds. The molecule has 0 N–H and O–H groups in total. The molecule has 0 aliphatic carbocycles. The molecule has 0 bridgehead atoms. The Bertz CT molecular complexity index is 931. The molecule has 0 saturated carbocycles. The highest BCUT2D eigenvalue weighted by atomic mass is 35.5. The summed E-state index contributed by atoms with van der Waals surface area (Å²) in [5.41, 5.74) is 0.825. The average molecular weight is 404 g/mol. The van der Waals surface area contributed by atoms with Gasteiger partial charge in [0.1, 0.15) is 5.82 Å². The van der Waals surface area contributed by atoms with Crippen molar-refractivity contribution in [2.24, 2.45) is 0 Å². The van der Waals surface area contributed by atoms with E-state index in [9.17, 15) is 4.79 Å². The molecule has 0 aromatic carbocycles. The summed E-state index contributed by atoms with van der Waals surface area (Å²) < 4.78 is 5.78. The van der Waals surface area contributed by atoms with E-state index in [1.165, 1.54) is 11.3 Å². The second-order valence-electron chi connectivity index (χ2n) is 6.15. The number of aryl methyl sites for hydroxylation is 1. The van der Waals surface area contributed by atoms with Crippen molar-refractivity contribution in [1.29, 1.82) is 0 Å². The largest absolute Gasteiger partial charge is 0.353 e. The standard InChI is InChI=1S/C18H18ClN5O2S/c1-2-16-21-17(22-26-16)12-3-6-15(20-11-12)23-7-9-24(10-8-23)18(25)13-4-5-14(19)27-13/h3-6,11H,2,7-10H2,1H3. The third-order valence-corrected chi connectivity index (χ3v) is 5.67. The van der Waals surface area contributed by atoms with Gasteiger partial charge in [0.2, 0.25) is 11.7 Å². The second kappa shape index (κ2) is 7.66. The lowest BCUT2D eigenvalue weighted by Gasteiger charge is -2.35. The molecule has 7 nitrogen and oxygen atoms in total. The number of anilines is 1. The van der Waals surface area contributed by atoms with Gasteiger partial charge in [-0.05, 0) is 24.3 Å². The Hall–Kier alpha value is -2.45. The quantitative estimate of drug-likeness (QED) is 0.664. The number of rotatable bonds is 4. The normalized spacial score (nSPS) is 14.6. The molecule has 0 unspecified atom stereocenters. The zero-order valence-corrected chi connectivity index (χ0v) is 16.3. The van der Waals surface area contributed by atoms with Crippen molar-refractivity contribution < 1.29 is 9.32 Å². The average Bonchev–Trinajstić information content (AvgIpc) is 3.37. The van der Waals surface area contributed by atoms with Crippen LogP contribution in [0.2, 0.25) is 4.34 Å². The van der Waals surface area contributed by atoms with E-state index in [4.69, 9.17) is 16.1 Å². The van der Waals surface area contributed by atoms with Gasteiger partial charge in [0.15, 0.2) is 0 Å². The van der Waals surface area contributed by atoms with Crippen LogP contribution in [0.3, 0.4) is 0 Å². The smallest absolute Gasteiger partial charge is 0.264 e. The van der Waals surface area contributed by atoms with Gasteiger partial charge in [-0.25, -0.2) is 4.98 Å². The molecule has 0 atom stereocenters. The topological polar surface area (TPSA) is 75.4 Å². The Morgan fingerprint density at radius 2 is 2.04 bits per heavy atom. The number of nitrogens with zero attached hydrogens (tertiary/aromatic N) is 5. The fraction of sp³-hybridized carbons (Fsp3) is 0.333. The minimum atomic E-state index is 0.0405. The SMILES string of the molecule is CCc1nc(-c2ccc(N3CCN(C(=O)c4ccc(Cl)s4)CC3)nc2)no1. The van der Waals surface area contributed by atoms with Crippen LogP contribution in [-0.4, -0.2) is 52.1 Å². The van der Waals surface area contributed by atoms with E-state index in [0.29, 0.717) is 40.4 Å². The van der Waals surface area contributed by atoms with Crippen LogP contribution in [0.1, 0.15) is 22.5 Å². The Labute approximate surface area is 165 Å². The van der Waals surface area contributed by atoms with Crippen LogP contribution in [-0.2, 0) is 6.42 Å². The van der Waals surface area contributed by atoms with Crippen molar-refractivity contribution >= 4 is 34.7 Å². The van der Waals surface area contributed by atoms with Gasteiger partial charge in [0, 0.05) is 44.4 Å². The highest BCUT2D eigenvalue weighted by molar-refractivity contribution is 7.17. The Morgan fingerprint density at radius 1 is 1.22 bits per heavy atom. The van der Waals surface area contributed by atoms with Crippen molar-refractivity contribution in [3.63, 3.8) is 0 Å². The van der Waals surface area contributed by atoms with Crippen molar-refractivity contribution in [1.82, 2.24) is 20.0 Å². The predicted octanol–water partition coefficient (Wildman–Crippen LogP) is 3.37. The maximum Gasteiger partial charge on any atom is 0.264 e. The van der Waals surface area contributed by atoms with Gasteiger partial charge < -0.3 is 14.3 Å². The van der Waals surface area contributed by atoms with Gasteiger partial charge in [0.25, 0.3) is 5.91 Å². The zero-order chi connectivity index (χ0) is 18.8. The number of hydrogen-bond acceptors (Lipinski definition) is 7. The highest BCUT2D eigenvalue weighted by Gasteiger charge is 2.24. The summed E-state index contributed by atoms with van der Waals surface area (Å²) >= 11 is 7.25. The Balaban J connectivity index is 1.38. The molecule has 9 heteroatoms. The summed E-state index contributed by atoms with van der Waals surface area (Å²) in [7, 11) is 0. The van der Waals surface area contributed by atoms with Crippen LogP contribution in [0, 0.1) is 0 Å². The molecular formula is C18H18ClN5O2S. The van der Waals surface area contributed by atoms with Gasteiger partial charge >= 0.3 is 0 Å². The number of pyridine rings is 1. The predicted molar refractivity (Wildman–Crippen MR) is 104 cm³/mol. The fourth-order valence-corrected chi connectivity index (χ4v) is 3.96. The summed E-state index contributed by atoms with van der Waals surface area (Å²) in [5, 5.41) is 3.97. The molecule has 4 heterocycles. The lowest BCUT2D eigenvalue weighted by atomic mass is 10.2. The molecule has 27 heavy (non-hydrogen) atoms. The number of thiophene rings is 1. The first-order chi connectivity index (χ1) is 13.1. The molecular weight excluding hydrogens is 386 g/mol. The number of halogens is 1. The summed E-state index contributed by atoms with van der Waals surface area (Å²) in [6, 6.07) is 7.43. The first kappa shape index (κ1) is 17.9. The lowest BCUT2D eigenvalue weighted by molar-refractivity contribution is 0.0751. The molecule has 4 rings (SSSR count). The van der Waals surface area contributed by atoms with E-state index < -0.39 is 0 Å². The van der Waals surface area contributed by atoms with Crippen LogP contribution in [0.15, 0.2) is 35.0 Å². The molecule has 140 valence electrons. The monoisotopic (exact) mass is 403 g/mol. The number of hydrogen-bond donors (Lipinski definition) is 0. The number of aromatic nitrogens is 3. The lowest BCUT2D eigenvalue weighted by Crippen LogP contribution is -2.48. The number of carbonyl (C=O) groups excluding carboxylic acids is 1. The van der Waals surface area contributed by atoms with Gasteiger partial charge in [-0.2, -0.15) is 4.98 Å². The van der Waals surface area contributed by atoms with Crippen LogP contribution < -0.4 is 4.90 Å². The molecule has 1 saturated heterocycles. The summed E-state index contributed by atoms with van der Waals surface area (Å²) in [4.78, 5) is 26.1. The summed E-state index contributed by atoms with van der Waals surface area (Å²) in [5.74, 6) is 2.08. The van der Waals surface area contributed by atoms with Crippen molar-refractivity contribution in [3.05, 3.63) is 45.6 Å². The molecule has 0 spiro atoms. The second-order valence-corrected chi connectivity index (χ2v) is 7.87. The minimum Gasteiger partial charge on any atom is -0.353 e. The van der Waals surface area contributed by atoms with E-state index >= 15 is 0 Å². The van der Waals surface area contributed by atoms with Gasteiger partial charge in [-0.15, -0.1) is 11.3 Å². The fourth-order valence-electron chi connectivity index (χ4n) is 2.94.